The number of aromatic nitrogens is 2. The van der Waals surface area contributed by atoms with Crippen molar-refractivity contribution in [2.45, 2.75) is 79.3 Å². The zero-order chi connectivity index (χ0) is 33.1. The molecule has 2 aliphatic heterocycles. The largest absolute Gasteiger partial charge is 0.340 e. The molecule has 2 amide bonds. The number of fused-ring (bicyclic) bond motifs is 1. The quantitative estimate of drug-likeness (QED) is 0.268. The molecule has 8 nitrogen and oxygen atoms in total. The molecule has 2 fully saturated rings. The lowest BCUT2D eigenvalue weighted by molar-refractivity contribution is -0.130. The van der Waals surface area contributed by atoms with E-state index in [1.165, 1.54) is 35.9 Å². The first-order valence-corrected chi connectivity index (χ1v) is 17.2. The molecule has 1 aromatic carbocycles. The predicted octanol–water partition coefficient (Wildman–Crippen LogP) is 5.79. The van der Waals surface area contributed by atoms with Crippen molar-refractivity contribution >= 4 is 22.7 Å². The van der Waals surface area contributed by atoms with Gasteiger partial charge in [0.25, 0.3) is 5.91 Å². The standard InChI is InChI=1S/C37H53FN6O2/c1-25(2)33(9-8-13-41-15-17-42(18-16-41)28(6)45)43-14-12-29(23-43)19-30-24-44(35-22-39-21-27(5)36(30)35)34-11-10-31(38)20-32(34)37(46)40(7)26(3)4/h10-11,20-22,24-26,29,33H,8-9,12-19,23H2,1-7H3/t29-,33+/m0/s1. The monoisotopic (exact) mass is 632 g/mol. The Morgan fingerprint density at radius 2 is 1.80 bits per heavy atom. The van der Waals surface area contributed by atoms with Gasteiger partial charge < -0.3 is 14.4 Å². The second-order valence-corrected chi connectivity index (χ2v) is 14.2. The SMILES string of the molecule is CC(=O)N1CCN(CCC[C@H](C(C)C)N2CC[C@@H](Cc3cn(-c4ccc(F)cc4C(=O)N(C)C(C)C)c4cncc(C)c34)C2)CC1. The molecule has 5 rings (SSSR count). The van der Waals surface area contributed by atoms with Gasteiger partial charge in [0.05, 0.1) is 23.0 Å². The second kappa shape index (κ2) is 14.6. The lowest BCUT2D eigenvalue weighted by atomic mass is 9.96. The summed E-state index contributed by atoms with van der Waals surface area (Å²) in [4.78, 5) is 38.5. The van der Waals surface area contributed by atoms with E-state index in [1.54, 1.807) is 24.9 Å². The Kier molecular flexibility index (Phi) is 10.8. The van der Waals surface area contributed by atoms with Crippen LogP contribution in [0.1, 0.15) is 75.4 Å². The average Bonchev–Trinajstić information content (AvgIpc) is 3.64. The summed E-state index contributed by atoms with van der Waals surface area (Å²) in [5.41, 5.74) is 4.35. The number of aryl methyl sites for hydroxylation is 1. The van der Waals surface area contributed by atoms with E-state index < -0.39 is 5.82 Å². The van der Waals surface area contributed by atoms with Crippen LogP contribution in [0.25, 0.3) is 16.6 Å². The number of hydrogen-bond acceptors (Lipinski definition) is 5. The summed E-state index contributed by atoms with van der Waals surface area (Å²) >= 11 is 0. The van der Waals surface area contributed by atoms with Gasteiger partial charge in [0.15, 0.2) is 0 Å². The summed E-state index contributed by atoms with van der Waals surface area (Å²) < 4.78 is 16.5. The van der Waals surface area contributed by atoms with E-state index in [0.29, 0.717) is 29.1 Å². The van der Waals surface area contributed by atoms with Crippen molar-refractivity contribution < 1.29 is 14.0 Å². The van der Waals surface area contributed by atoms with Crippen LogP contribution in [0.5, 0.6) is 0 Å². The minimum absolute atomic E-state index is 0.00653. The Hall–Kier alpha value is -3.30. The lowest BCUT2D eigenvalue weighted by Crippen LogP contribution is -2.48. The molecule has 2 saturated heterocycles. The summed E-state index contributed by atoms with van der Waals surface area (Å²) in [6.45, 7) is 19.3. The van der Waals surface area contributed by atoms with Crippen LogP contribution in [-0.4, -0.2) is 106 Å². The highest BCUT2D eigenvalue weighted by atomic mass is 19.1. The Morgan fingerprint density at radius 3 is 2.48 bits per heavy atom. The zero-order valence-electron chi connectivity index (χ0n) is 28.9. The number of piperazine rings is 1. The third-order valence-corrected chi connectivity index (χ3v) is 10.4. The number of carbonyl (C=O) groups is 2. The maximum absolute atomic E-state index is 14.5. The van der Waals surface area contributed by atoms with Crippen LogP contribution in [0, 0.1) is 24.6 Å². The van der Waals surface area contributed by atoms with Crippen molar-refractivity contribution in [1.82, 2.24) is 29.2 Å². The van der Waals surface area contributed by atoms with Crippen molar-refractivity contribution in [3.05, 3.63) is 59.3 Å². The van der Waals surface area contributed by atoms with Crippen molar-refractivity contribution in [3.63, 3.8) is 0 Å². The molecule has 250 valence electrons. The van der Waals surface area contributed by atoms with Gasteiger partial charge in [0.1, 0.15) is 5.82 Å². The van der Waals surface area contributed by atoms with Crippen LogP contribution < -0.4 is 0 Å². The van der Waals surface area contributed by atoms with Crippen LogP contribution >= 0.6 is 0 Å². The van der Waals surface area contributed by atoms with Gasteiger partial charge >= 0.3 is 0 Å². The highest BCUT2D eigenvalue weighted by Crippen LogP contribution is 2.34. The third kappa shape index (κ3) is 7.46. The van der Waals surface area contributed by atoms with Gasteiger partial charge in [-0.2, -0.15) is 0 Å². The smallest absolute Gasteiger partial charge is 0.256 e. The molecule has 46 heavy (non-hydrogen) atoms. The Morgan fingerprint density at radius 1 is 1.07 bits per heavy atom. The van der Waals surface area contributed by atoms with Gasteiger partial charge in [-0.05, 0) is 101 Å². The fraction of sp³-hybridized carbons (Fsp3) is 0.595. The number of hydrogen-bond donors (Lipinski definition) is 0. The van der Waals surface area contributed by atoms with Crippen molar-refractivity contribution in [3.8, 4) is 5.69 Å². The van der Waals surface area contributed by atoms with Gasteiger partial charge in [-0.15, -0.1) is 0 Å². The van der Waals surface area contributed by atoms with Gasteiger partial charge in [-0.1, -0.05) is 13.8 Å². The van der Waals surface area contributed by atoms with Crippen LogP contribution in [0.2, 0.25) is 0 Å². The topological polar surface area (TPSA) is 64.9 Å². The average molecular weight is 633 g/mol. The number of rotatable bonds is 11. The first-order valence-electron chi connectivity index (χ1n) is 17.2. The van der Waals surface area contributed by atoms with Gasteiger partial charge in [0, 0.05) is 76.6 Å². The molecule has 0 unspecified atom stereocenters. The lowest BCUT2D eigenvalue weighted by Gasteiger charge is -2.35. The highest BCUT2D eigenvalue weighted by molar-refractivity contribution is 5.99. The van der Waals surface area contributed by atoms with Crippen LogP contribution in [0.3, 0.4) is 0 Å². The molecule has 2 atom stereocenters. The number of nitrogens with zero attached hydrogens (tertiary/aromatic N) is 6. The highest BCUT2D eigenvalue weighted by Gasteiger charge is 2.31. The molecule has 0 radical (unpaired) electrons. The van der Waals surface area contributed by atoms with Crippen LogP contribution in [0.4, 0.5) is 4.39 Å². The number of benzene rings is 1. The molecule has 4 heterocycles. The van der Waals surface area contributed by atoms with Crippen molar-refractivity contribution in [2.24, 2.45) is 11.8 Å². The number of amides is 2. The minimum atomic E-state index is -0.420. The number of carbonyl (C=O) groups excluding carboxylic acids is 2. The molecule has 0 aliphatic carbocycles. The Labute approximate surface area is 274 Å². The van der Waals surface area contributed by atoms with E-state index >= 15 is 0 Å². The van der Waals surface area contributed by atoms with E-state index in [9.17, 15) is 14.0 Å². The van der Waals surface area contributed by atoms with E-state index in [-0.39, 0.29) is 17.9 Å². The number of pyridine rings is 1. The van der Waals surface area contributed by atoms with Gasteiger partial charge in [-0.3, -0.25) is 24.4 Å². The molecule has 9 heteroatoms. The zero-order valence-corrected chi connectivity index (χ0v) is 28.9. The fourth-order valence-corrected chi connectivity index (χ4v) is 7.50. The predicted molar refractivity (Wildman–Crippen MR) is 183 cm³/mol. The van der Waals surface area contributed by atoms with Crippen LogP contribution in [0.15, 0.2) is 36.8 Å². The summed E-state index contributed by atoms with van der Waals surface area (Å²) in [7, 11) is 1.76. The molecule has 0 bridgehead atoms. The molecule has 0 N–H and O–H groups in total. The normalized spacial score (nSPS) is 18.7. The molecular formula is C37H53FN6O2. The minimum Gasteiger partial charge on any atom is -0.340 e. The van der Waals surface area contributed by atoms with E-state index in [2.05, 4.69) is 41.8 Å². The van der Waals surface area contributed by atoms with Crippen molar-refractivity contribution in [2.75, 3.05) is 52.9 Å². The third-order valence-electron chi connectivity index (χ3n) is 10.4. The molecule has 0 spiro atoms. The summed E-state index contributed by atoms with van der Waals surface area (Å²) in [6, 6.07) is 5.06. The summed E-state index contributed by atoms with van der Waals surface area (Å²) in [5, 5.41) is 1.18. The summed E-state index contributed by atoms with van der Waals surface area (Å²) in [5.74, 6) is 0.690. The van der Waals surface area contributed by atoms with Crippen LogP contribution in [-0.2, 0) is 11.2 Å². The molecule has 0 saturated carbocycles. The number of halogens is 1. The molecule has 2 aliphatic rings. The van der Waals surface area contributed by atoms with E-state index in [1.807, 2.05) is 35.7 Å². The molecular weight excluding hydrogens is 579 g/mol. The van der Waals surface area contributed by atoms with E-state index in [4.69, 9.17) is 0 Å². The fourth-order valence-electron chi connectivity index (χ4n) is 7.50. The first-order chi connectivity index (χ1) is 21.9. The maximum atomic E-state index is 14.5. The first kappa shape index (κ1) is 34.0. The van der Waals surface area contributed by atoms with Crippen molar-refractivity contribution in [1.29, 1.82) is 0 Å². The Balaban J connectivity index is 1.30. The molecule has 2 aromatic heterocycles. The maximum Gasteiger partial charge on any atom is 0.256 e. The Bertz CT molecular complexity index is 1530. The number of likely N-dealkylation sites (tertiary alicyclic amines) is 1. The van der Waals surface area contributed by atoms with Gasteiger partial charge in [-0.25, -0.2) is 4.39 Å². The molecule has 3 aromatic rings. The second-order valence-electron chi connectivity index (χ2n) is 14.2. The van der Waals surface area contributed by atoms with Gasteiger partial charge in [0.2, 0.25) is 5.91 Å². The summed E-state index contributed by atoms with van der Waals surface area (Å²) in [6.07, 6.45) is 10.4. The van der Waals surface area contributed by atoms with E-state index in [0.717, 1.165) is 69.7 Å².